The van der Waals surface area contributed by atoms with Crippen molar-refractivity contribution in [2.45, 2.75) is 13.0 Å². The molecular weight excluding hydrogens is 343 g/mol. The second-order valence-electron chi connectivity index (χ2n) is 6.89. The summed E-state index contributed by atoms with van der Waals surface area (Å²) in [5, 5.41) is 3.08. The zero-order valence-electron chi connectivity index (χ0n) is 15.6. The summed E-state index contributed by atoms with van der Waals surface area (Å²) >= 11 is 0. The number of quaternary nitrogens is 1. The lowest BCUT2D eigenvalue weighted by Gasteiger charge is -2.28. The molecule has 1 aliphatic rings. The van der Waals surface area contributed by atoms with Crippen molar-refractivity contribution in [2.24, 2.45) is 0 Å². The van der Waals surface area contributed by atoms with Crippen LogP contribution in [0.25, 0.3) is 6.08 Å². The molecule has 0 aliphatic carbocycles. The smallest absolute Gasteiger partial charge is 0.244 e. The summed E-state index contributed by atoms with van der Waals surface area (Å²) in [7, 11) is 0. The third kappa shape index (κ3) is 5.74. The molecule has 2 N–H and O–H groups in total. The van der Waals surface area contributed by atoms with Crippen LogP contribution in [0.3, 0.4) is 0 Å². The Balaban J connectivity index is 1.70. The van der Waals surface area contributed by atoms with Gasteiger partial charge in [0.1, 0.15) is 31.5 Å². The van der Waals surface area contributed by atoms with Crippen LogP contribution in [0, 0.1) is 12.7 Å². The first kappa shape index (κ1) is 19.3. The standard InChI is InChI=1S/C22H25FN2O2/c1-17-6-8-19(9-7-17)21(16-25-12-14-27-15-13-25)24-22(26)11-10-18-4-2-3-5-20(18)23/h2-11,21H,12-16H2,1H3,(H,24,26)/p+1/b11-10+/t21-/m0/s1. The molecule has 0 aromatic heterocycles. The van der Waals surface area contributed by atoms with Gasteiger partial charge in [-0.15, -0.1) is 0 Å². The summed E-state index contributed by atoms with van der Waals surface area (Å²) in [6.45, 7) is 6.20. The Hall–Kier alpha value is -2.50. The number of aryl methyl sites for hydroxylation is 1. The second-order valence-corrected chi connectivity index (χ2v) is 6.89. The van der Waals surface area contributed by atoms with Crippen molar-refractivity contribution in [3.8, 4) is 0 Å². The van der Waals surface area contributed by atoms with Crippen LogP contribution < -0.4 is 10.2 Å². The molecule has 5 heteroatoms. The van der Waals surface area contributed by atoms with Gasteiger partial charge in [-0.1, -0.05) is 48.0 Å². The van der Waals surface area contributed by atoms with Crippen LogP contribution in [0.5, 0.6) is 0 Å². The van der Waals surface area contributed by atoms with E-state index in [1.165, 1.54) is 28.7 Å². The number of ether oxygens (including phenoxy) is 1. The molecule has 0 spiro atoms. The molecule has 1 atom stereocenters. The Labute approximate surface area is 159 Å². The van der Waals surface area contributed by atoms with E-state index in [0.717, 1.165) is 38.4 Å². The minimum absolute atomic E-state index is 0.100. The van der Waals surface area contributed by atoms with Gasteiger partial charge in [0.25, 0.3) is 0 Å². The number of hydrogen-bond acceptors (Lipinski definition) is 2. The number of rotatable bonds is 6. The number of halogens is 1. The van der Waals surface area contributed by atoms with Gasteiger partial charge < -0.3 is 15.0 Å². The summed E-state index contributed by atoms with van der Waals surface area (Å²) < 4.78 is 19.1. The fourth-order valence-corrected chi connectivity index (χ4v) is 3.20. The van der Waals surface area contributed by atoms with E-state index in [9.17, 15) is 9.18 Å². The molecule has 3 rings (SSSR count). The number of hydrogen-bond donors (Lipinski definition) is 2. The predicted octanol–water partition coefficient (Wildman–Crippen LogP) is 1.92. The maximum absolute atomic E-state index is 13.7. The molecule has 142 valence electrons. The van der Waals surface area contributed by atoms with Crippen LogP contribution in [0.1, 0.15) is 22.7 Å². The van der Waals surface area contributed by atoms with Crippen LogP contribution in [0.15, 0.2) is 54.6 Å². The number of nitrogens with one attached hydrogen (secondary N) is 2. The number of amides is 1. The Morgan fingerprint density at radius 1 is 1.19 bits per heavy atom. The lowest BCUT2D eigenvalue weighted by atomic mass is 10.0. The van der Waals surface area contributed by atoms with Crippen molar-refractivity contribution in [2.75, 3.05) is 32.8 Å². The first-order valence-corrected chi connectivity index (χ1v) is 9.33. The maximum atomic E-state index is 13.7. The molecule has 0 radical (unpaired) electrons. The van der Waals surface area contributed by atoms with Crippen molar-refractivity contribution in [1.82, 2.24) is 5.32 Å². The van der Waals surface area contributed by atoms with Crippen LogP contribution in [-0.4, -0.2) is 38.8 Å². The van der Waals surface area contributed by atoms with E-state index in [4.69, 9.17) is 4.74 Å². The average Bonchev–Trinajstić information content (AvgIpc) is 2.68. The van der Waals surface area contributed by atoms with Gasteiger partial charge in [0.05, 0.1) is 13.2 Å². The van der Waals surface area contributed by atoms with Crippen LogP contribution in [-0.2, 0) is 9.53 Å². The number of carbonyl (C=O) groups is 1. The molecule has 1 amide bonds. The van der Waals surface area contributed by atoms with Crippen molar-refractivity contribution < 1.29 is 18.8 Å². The minimum atomic E-state index is -0.339. The second kappa shape index (κ2) is 9.44. The monoisotopic (exact) mass is 369 g/mol. The quantitative estimate of drug-likeness (QED) is 0.764. The highest BCUT2D eigenvalue weighted by atomic mass is 19.1. The van der Waals surface area contributed by atoms with Crippen LogP contribution in [0.2, 0.25) is 0 Å². The van der Waals surface area contributed by atoms with Gasteiger partial charge >= 0.3 is 0 Å². The van der Waals surface area contributed by atoms with Gasteiger partial charge in [-0.3, -0.25) is 4.79 Å². The van der Waals surface area contributed by atoms with Crippen molar-refractivity contribution >= 4 is 12.0 Å². The molecule has 27 heavy (non-hydrogen) atoms. The molecule has 2 aromatic carbocycles. The van der Waals surface area contributed by atoms with Crippen LogP contribution >= 0.6 is 0 Å². The molecule has 0 unspecified atom stereocenters. The molecule has 1 heterocycles. The first-order chi connectivity index (χ1) is 13.1. The zero-order chi connectivity index (χ0) is 19.1. The molecule has 1 fully saturated rings. The number of benzene rings is 2. The van der Waals surface area contributed by atoms with E-state index >= 15 is 0 Å². The van der Waals surface area contributed by atoms with E-state index in [0.29, 0.717) is 5.56 Å². The Kier molecular flexibility index (Phi) is 6.74. The Bertz CT molecular complexity index is 783. The molecule has 0 saturated carbocycles. The Morgan fingerprint density at radius 2 is 1.89 bits per heavy atom. The van der Waals surface area contributed by atoms with E-state index in [-0.39, 0.29) is 17.8 Å². The topological polar surface area (TPSA) is 42.8 Å². The zero-order valence-corrected chi connectivity index (χ0v) is 15.6. The molecule has 4 nitrogen and oxygen atoms in total. The van der Waals surface area contributed by atoms with Gasteiger partial charge in [-0.05, 0) is 24.6 Å². The maximum Gasteiger partial charge on any atom is 0.244 e. The van der Waals surface area contributed by atoms with Gasteiger partial charge in [0.15, 0.2) is 0 Å². The molecular formula is C22H26FN2O2+. The summed E-state index contributed by atoms with van der Waals surface area (Å²) in [6.07, 6.45) is 2.91. The lowest BCUT2D eigenvalue weighted by molar-refractivity contribution is -0.909. The normalized spacial score (nSPS) is 16.4. The third-order valence-corrected chi connectivity index (χ3v) is 4.81. The van der Waals surface area contributed by atoms with Gasteiger partial charge in [-0.25, -0.2) is 4.39 Å². The van der Waals surface area contributed by atoms with Gasteiger partial charge in [0.2, 0.25) is 5.91 Å². The minimum Gasteiger partial charge on any atom is -0.370 e. The third-order valence-electron chi connectivity index (χ3n) is 4.81. The first-order valence-electron chi connectivity index (χ1n) is 9.33. The highest BCUT2D eigenvalue weighted by Crippen LogP contribution is 2.13. The Morgan fingerprint density at radius 3 is 2.59 bits per heavy atom. The SMILES string of the molecule is Cc1ccc([C@H](C[NH+]2CCOCC2)NC(=O)/C=C/c2ccccc2F)cc1. The summed E-state index contributed by atoms with van der Waals surface area (Å²) in [5.74, 6) is -0.564. The van der Waals surface area contributed by atoms with Crippen molar-refractivity contribution in [1.29, 1.82) is 0 Å². The summed E-state index contributed by atoms with van der Waals surface area (Å²) in [4.78, 5) is 13.9. The fourth-order valence-electron chi connectivity index (χ4n) is 3.20. The summed E-state index contributed by atoms with van der Waals surface area (Å²) in [5.41, 5.74) is 2.66. The number of carbonyl (C=O) groups excluding carboxylic acids is 1. The van der Waals surface area contributed by atoms with Crippen molar-refractivity contribution in [3.05, 3.63) is 77.1 Å². The van der Waals surface area contributed by atoms with E-state index in [1.807, 2.05) is 6.92 Å². The van der Waals surface area contributed by atoms with Crippen LogP contribution in [0.4, 0.5) is 4.39 Å². The van der Waals surface area contributed by atoms with E-state index in [1.54, 1.807) is 18.2 Å². The summed E-state index contributed by atoms with van der Waals surface area (Å²) in [6, 6.07) is 14.5. The molecule has 0 bridgehead atoms. The molecule has 2 aromatic rings. The van der Waals surface area contributed by atoms with Gasteiger partial charge in [0, 0.05) is 11.6 Å². The van der Waals surface area contributed by atoms with E-state index < -0.39 is 0 Å². The predicted molar refractivity (Wildman–Crippen MR) is 104 cm³/mol. The highest BCUT2D eigenvalue weighted by Gasteiger charge is 2.22. The number of morpholine rings is 1. The van der Waals surface area contributed by atoms with Crippen molar-refractivity contribution in [3.63, 3.8) is 0 Å². The highest BCUT2D eigenvalue weighted by molar-refractivity contribution is 5.92. The van der Waals surface area contributed by atoms with Gasteiger partial charge in [-0.2, -0.15) is 0 Å². The average molecular weight is 369 g/mol. The van der Waals surface area contributed by atoms with E-state index in [2.05, 4.69) is 29.6 Å². The largest absolute Gasteiger partial charge is 0.370 e. The lowest BCUT2D eigenvalue weighted by Crippen LogP contribution is -3.14. The molecule has 1 saturated heterocycles. The fraction of sp³-hybridized carbons (Fsp3) is 0.318. The molecule has 1 aliphatic heterocycles.